The minimum atomic E-state index is -3.57. The monoisotopic (exact) mass is 334 g/mol. The van der Waals surface area contributed by atoms with Gasteiger partial charge >= 0.3 is 15.2 Å². The Morgan fingerprint density at radius 1 is 1.24 bits per heavy atom. The average molecular weight is 334 g/mol. The lowest BCUT2D eigenvalue weighted by Gasteiger charge is -2.29. The van der Waals surface area contributed by atoms with Gasteiger partial charge in [0.2, 0.25) is 0 Å². The molecule has 0 spiro atoms. The van der Waals surface area contributed by atoms with Crippen molar-refractivity contribution in [3.05, 3.63) is 35.9 Å². The lowest BCUT2D eigenvalue weighted by Crippen LogP contribution is -2.24. The van der Waals surface area contributed by atoms with Gasteiger partial charge < -0.3 is 13.6 Å². The van der Waals surface area contributed by atoms with Crippen molar-refractivity contribution in [3.8, 4) is 0 Å². The van der Waals surface area contributed by atoms with E-state index in [2.05, 4.69) is 0 Å². The maximum Gasteiger partial charge on any atom is 0.361 e. The molecule has 1 aromatic rings. The van der Waals surface area contributed by atoms with Crippen molar-refractivity contribution < 1.29 is 27.2 Å². The lowest BCUT2D eigenvalue weighted by molar-refractivity contribution is 0.119. The first-order valence-electron chi connectivity index (χ1n) is 6.47. The summed E-state index contributed by atoms with van der Waals surface area (Å²) in [5, 5.41) is -1.32. The van der Waals surface area contributed by atoms with Crippen LogP contribution in [0.15, 0.2) is 30.3 Å². The molecule has 118 valence electrons. The molecule has 0 N–H and O–H groups in total. The molecule has 21 heavy (non-hydrogen) atoms. The average Bonchev–Trinajstić information content (AvgIpc) is 2.81. The third-order valence-corrected chi connectivity index (χ3v) is 8.73. The normalized spacial score (nSPS) is 33.2. The molecule has 6 nitrogen and oxygen atoms in total. The third-order valence-electron chi connectivity index (χ3n) is 3.78. The summed E-state index contributed by atoms with van der Waals surface area (Å²) in [7, 11) is -3.13. The zero-order chi connectivity index (χ0) is 15.7. The lowest BCUT2D eigenvalue weighted by atomic mass is 10.1. The standard InChI is InChI=1S/C13H20O6P2/c1-13(21(15,17-3)18-4)10-12(20(14,16-2)19-13)11-8-6-5-7-9-11/h5-9,12H,10H2,1-4H3/t12-,13-,20-/m0/s1. The summed E-state index contributed by atoms with van der Waals surface area (Å²) >= 11 is 0. The van der Waals surface area contributed by atoms with Crippen LogP contribution in [0, 0.1) is 0 Å². The van der Waals surface area contributed by atoms with E-state index in [9.17, 15) is 9.13 Å². The number of rotatable bonds is 5. The molecular formula is C13H20O6P2. The molecule has 0 aliphatic carbocycles. The van der Waals surface area contributed by atoms with Crippen LogP contribution in [0.2, 0.25) is 0 Å². The zero-order valence-corrected chi connectivity index (χ0v) is 14.3. The van der Waals surface area contributed by atoms with Crippen LogP contribution in [0.3, 0.4) is 0 Å². The Balaban J connectivity index is 2.46. The van der Waals surface area contributed by atoms with E-state index in [1.54, 1.807) is 6.92 Å². The molecule has 0 saturated carbocycles. The minimum absolute atomic E-state index is 0.223. The van der Waals surface area contributed by atoms with E-state index in [4.69, 9.17) is 18.1 Å². The first kappa shape index (κ1) is 16.9. The van der Waals surface area contributed by atoms with Gasteiger partial charge in [-0.25, -0.2) is 0 Å². The van der Waals surface area contributed by atoms with E-state index >= 15 is 0 Å². The fraction of sp³-hybridized carbons (Fsp3) is 0.538. The van der Waals surface area contributed by atoms with E-state index < -0.39 is 26.2 Å². The smallest absolute Gasteiger partial charge is 0.311 e. The predicted molar refractivity (Wildman–Crippen MR) is 79.5 cm³/mol. The van der Waals surface area contributed by atoms with E-state index in [0.29, 0.717) is 0 Å². The number of benzene rings is 1. The molecule has 0 aromatic heterocycles. The summed E-state index contributed by atoms with van der Waals surface area (Å²) < 4.78 is 46.5. The third kappa shape index (κ3) is 2.77. The topological polar surface area (TPSA) is 71.1 Å². The van der Waals surface area contributed by atoms with Crippen LogP contribution in [-0.2, 0) is 27.2 Å². The van der Waals surface area contributed by atoms with Crippen molar-refractivity contribution in [2.45, 2.75) is 24.3 Å². The van der Waals surface area contributed by atoms with Crippen LogP contribution in [-0.4, -0.2) is 26.7 Å². The fourth-order valence-electron chi connectivity index (χ4n) is 2.61. The van der Waals surface area contributed by atoms with E-state index in [1.165, 1.54) is 21.3 Å². The minimum Gasteiger partial charge on any atom is -0.311 e. The largest absolute Gasteiger partial charge is 0.361 e. The Kier molecular flexibility index (Phi) is 4.79. The van der Waals surface area contributed by atoms with Crippen LogP contribution < -0.4 is 0 Å². The van der Waals surface area contributed by atoms with Crippen molar-refractivity contribution in [1.29, 1.82) is 0 Å². The molecule has 0 amide bonds. The van der Waals surface area contributed by atoms with Crippen LogP contribution in [0.1, 0.15) is 24.6 Å². The molecule has 1 aliphatic rings. The highest BCUT2D eigenvalue weighted by Gasteiger charge is 2.62. The highest BCUT2D eigenvalue weighted by atomic mass is 31.2. The molecule has 8 heteroatoms. The maximum absolute atomic E-state index is 12.9. The molecule has 1 fully saturated rings. The molecule has 1 aliphatic heterocycles. The van der Waals surface area contributed by atoms with E-state index in [-0.39, 0.29) is 6.42 Å². The molecule has 0 bridgehead atoms. The van der Waals surface area contributed by atoms with Crippen molar-refractivity contribution in [2.75, 3.05) is 21.3 Å². The van der Waals surface area contributed by atoms with Gasteiger partial charge in [0, 0.05) is 27.8 Å². The Bertz CT molecular complexity index is 582. The number of hydrogen-bond donors (Lipinski definition) is 0. The summed E-state index contributed by atoms with van der Waals surface area (Å²) in [6.45, 7) is 1.58. The maximum atomic E-state index is 12.9. The summed E-state index contributed by atoms with van der Waals surface area (Å²) in [6, 6.07) is 9.24. The summed E-state index contributed by atoms with van der Waals surface area (Å²) in [5.74, 6) is 0. The highest BCUT2D eigenvalue weighted by molar-refractivity contribution is 7.59. The van der Waals surface area contributed by atoms with E-state index in [1.807, 2.05) is 30.3 Å². The highest BCUT2D eigenvalue weighted by Crippen LogP contribution is 2.79. The van der Waals surface area contributed by atoms with E-state index in [0.717, 1.165) is 5.56 Å². The molecular weight excluding hydrogens is 314 g/mol. The number of hydrogen-bond acceptors (Lipinski definition) is 6. The molecule has 1 saturated heterocycles. The van der Waals surface area contributed by atoms with Gasteiger partial charge in [-0.1, -0.05) is 30.3 Å². The van der Waals surface area contributed by atoms with Gasteiger partial charge in [-0.3, -0.25) is 13.7 Å². The second-order valence-electron chi connectivity index (χ2n) is 4.98. The second kappa shape index (κ2) is 5.96. The van der Waals surface area contributed by atoms with Crippen molar-refractivity contribution in [2.24, 2.45) is 0 Å². The Hall–Kier alpha value is -0.480. The Morgan fingerprint density at radius 3 is 2.29 bits per heavy atom. The van der Waals surface area contributed by atoms with Crippen LogP contribution in [0.4, 0.5) is 0 Å². The van der Waals surface area contributed by atoms with Crippen molar-refractivity contribution >= 4 is 15.2 Å². The molecule has 3 atom stereocenters. The summed E-state index contributed by atoms with van der Waals surface area (Å²) in [4.78, 5) is 0. The van der Waals surface area contributed by atoms with Gasteiger partial charge in [-0.05, 0) is 12.5 Å². The van der Waals surface area contributed by atoms with Crippen molar-refractivity contribution in [1.82, 2.24) is 0 Å². The molecule has 0 unspecified atom stereocenters. The SMILES string of the molecule is COP(=O)(OC)[C@@]1(C)C[C@@H](c2ccccc2)[P@](=O)(OC)O1. The molecule has 0 radical (unpaired) electrons. The van der Waals surface area contributed by atoms with Crippen LogP contribution in [0.25, 0.3) is 0 Å². The quantitative estimate of drug-likeness (QED) is 0.752. The molecule has 1 heterocycles. The second-order valence-corrected chi connectivity index (χ2v) is 9.90. The Morgan fingerprint density at radius 2 is 1.81 bits per heavy atom. The van der Waals surface area contributed by atoms with Gasteiger partial charge in [-0.15, -0.1) is 0 Å². The molecule has 1 aromatic carbocycles. The predicted octanol–water partition coefficient (Wildman–Crippen LogP) is 4.19. The summed E-state index contributed by atoms with van der Waals surface area (Å²) in [6.07, 6.45) is 0.223. The van der Waals surface area contributed by atoms with Crippen LogP contribution >= 0.6 is 15.2 Å². The zero-order valence-electron chi connectivity index (χ0n) is 12.5. The Labute approximate surface area is 124 Å². The van der Waals surface area contributed by atoms with Gasteiger partial charge in [-0.2, -0.15) is 0 Å². The van der Waals surface area contributed by atoms with Gasteiger partial charge in [0.25, 0.3) is 0 Å². The van der Waals surface area contributed by atoms with Gasteiger partial charge in [0.1, 0.15) is 0 Å². The fourth-order valence-corrected chi connectivity index (χ4v) is 7.01. The van der Waals surface area contributed by atoms with Crippen molar-refractivity contribution in [3.63, 3.8) is 0 Å². The molecule has 2 rings (SSSR count). The van der Waals surface area contributed by atoms with Crippen LogP contribution in [0.5, 0.6) is 0 Å². The first-order chi connectivity index (χ1) is 9.84. The summed E-state index contributed by atoms with van der Waals surface area (Å²) in [5.41, 5.74) is 0.303. The van der Waals surface area contributed by atoms with Gasteiger partial charge in [0.05, 0.1) is 5.66 Å². The first-order valence-corrected chi connectivity index (χ1v) is 9.62. The van der Waals surface area contributed by atoms with Gasteiger partial charge in [0.15, 0.2) is 5.34 Å².